The summed E-state index contributed by atoms with van der Waals surface area (Å²) in [6.07, 6.45) is -0.527. The minimum Gasteiger partial charge on any atom is -0.385 e. The molecule has 0 aliphatic heterocycles. The van der Waals surface area contributed by atoms with E-state index in [2.05, 4.69) is 9.36 Å². The lowest BCUT2D eigenvalue weighted by atomic mass is 10.4. The van der Waals surface area contributed by atoms with Gasteiger partial charge in [0, 0.05) is 0 Å². The Balaban J connectivity index is 2.77. The van der Waals surface area contributed by atoms with Crippen molar-refractivity contribution in [1.82, 2.24) is 9.36 Å². The molecule has 1 N–H and O–H groups in total. The number of aliphatic hydroxyl groups is 1. The zero-order valence-electron chi connectivity index (χ0n) is 4.40. The van der Waals surface area contributed by atoms with Crippen molar-refractivity contribution in [2.75, 3.05) is 0 Å². The van der Waals surface area contributed by atoms with E-state index < -0.39 is 6.10 Å². The van der Waals surface area contributed by atoms with Crippen LogP contribution in [0.2, 0.25) is 0 Å². The number of hydrogen-bond donors (Lipinski definition) is 1. The highest BCUT2D eigenvalue weighted by atomic mass is 32.1. The molecule has 0 amide bonds. The van der Waals surface area contributed by atoms with Crippen LogP contribution in [-0.4, -0.2) is 14.5 Å². The molecule has 44 valence electrons. The Morgan fingerprint density at radius 3 is 2.88 bits per heavy atom. The van der Waals surface area contributed by atoms with E-state index in [4.69, 9.17) is 5.11 Å². The summed E-state index contributed by atoms with van der Waals surface area (Å²) in [5, 5.41) is 8.79. The van der Waals surface area contributed by atoms with E-state index in [1.54, 1.807) is 12.4 Å². The van der Waals surface area contributed by atoms with Gasteiger partial charge in [0.25, 0.3) is 0 Å². The van der Waals surface area contributed by atoms with Crippen LogP contribution in [0.4, 0.5) is 0 Å². The molecule has 1 rings (SSSR count). The third-order valence-electron chi connectivity index (χ3n) is 0.752. The second-order valence-corrected chi connectivity index (χ2v) is 2.07. The molecule has 1 atom stereocenters. The van der Waals surface area contributed by atoms with Crippen LogP contribution < -0.4 is 0 Å². The molecule has 0 saturated heterocycles. The van der Waals surface area contributed by atoms with E-state index in [0.717, 1.165) is 0 Å². The number of nitrogens with zero attached hydrogens (tertiary/aromatic N) is 2. The van der Waals surface area contributed by atoms with Crippen LogP contribution in [0.15, 0.2) is 5.51 Å². The quantitative estimate of drug-likeness (QED) is 0.605. The lowest BCUT2D eigenvalue weighted by Crippen LogP contribution is -1.91. The molecular weight excluding hydrogens is 124 g/mol. The van der Waals surface area contributed by atoms with Gasteiger partial charge in [0.05, 0.1) is 0 Å². The van der Waals surface area contributed by atoms with Crippen molar-refractivity contribution in [3.63, 3.8) is 0 Å². The Morgan fingerprint density at radius 1 is 1.88 bits per heavy atom. The minimum atomic E-state index is -0.527. The van der Waals surface area contributed by atoms with Crippen LogP contribution in [0, 0.1) is 0 Å². The second-order valence-electron chi connectivity index (χ2n) is 1.47. The first-order valence-electron chi connectivity index (χ1n) is 2.25. The monoisotopic (exact) mass is 130 g/mol. The maximum Gasteiger partial charge on any atom is 0.170 e. The summed E-state index contributed by atoms with van der Waals surface area (Å²) in [5.74, 6) is 0.509. The van der Waals surface area contributed by atoms with Crippen molar-refractivity contribution in [1.29, 1.82) is 0 Å². The van der Waals surface area contributed by atoms with Crippen LogP contribution in [0.25, 0.3) is 0 Å². The average molecular weight is 130 g/mol. The van der Waals surface area contributed by atoms with Gasteiger partial charge in [0.2, 0.25) is 0 Å². The smallest absolute Gasteiger partial charge is 0.170 e. The highest BCUT2D eigenvalue weighted by Crippen LogP contribution is 2.04. The number of rotatable bonds is 1. The highest BCUT2D eigenvalue weighted by Gasteiger charge is 2.01. The van der Waals surface area contributed by atoms with Gasteiger partial charge in [-0.2, -0.15) is 4.37 Å². The van der Waals surface area contributed by atoms with Gasteiger partial charge in [-0.25, -0.2) is 4.98 Å². The maximum atomic E-state index is 8.79. The molecule has 1 aromatic rings. The van der Waals surface area contributed by atoms with Crippen LogP contribution in [0.1, 0.15) is 18.9 Å². The van der Waals surface area contributed by atoms with Gasteiger partial charge in [-0.1, -0.05) is 0 Å². The lowest BCUT2D eigenvalue weighted by Gasteiger charge is -1.92. The van der Waals surface area contributed by atoms with Crippen molar-refractivity contribution in [3.8, 4) is 0 Å². The summed E-state index contributed by atoms with van der Waals surface area (Å²) >= 11 is 1.25. The molecule has 4 heteroatoms. The van der Waals surface area contributed by atoms with Gasteiger partial charge < -0.3 is 5.11 Å². The fourth-order valence-electron chi connectivity index (χ4n) is 0.363. The molecule has 1 aromatic heterocycles. The topological polar surface area (TPSA) is 46.0 Å². The van der Waals surface area contributed by atoms with E-state index in [1.807, 2.05) is 0 Å². The molecule has 0 bridgehead atoms. The zero-order chi connectivity index (χ0) is 5.98. The fourth-order valence-corrected chi connectivity index (χ4v) is 0.873. The zero-order valence-corrected chi connectivity index (χ0v) is 5.22. The first-order valence-corrected chi connectivity index (χ1v) is 3.08. The molecule has 0 radical (unpaired) electrons. The molecule has 0 spiro atoms. The van der Waals surface area contributed by atoms with E-state index in [1.165, 1.54) is 11.5 Å². The predicted octanol–water partition coefficient (Wildman–Crippen LogP) is 0.591. The van der Waals surface area contributed by atoms with Gasteiger partial charge in [-0.15, -0.1) is 0 Å². The third-order valence-corrected chi connectivity index (χ3v) is 1.24. The van der Waals surface area contributed by atoms with Crippen LogP contribution in [-0.2, 0) is 0 Å². The lowest BCUT2D eigenvalue weighted by molar-refractivity contribution is 0.190. The van der Waals surface area contributed by atoms with Gasteiger partial charge in [0.15, 0.2) is 5.82 Å². The van der Waals surface area contributed by atoms with Crippen molar-refractivity contribution in [3.05, 3.63) is 11.3 Å². The first kappa shape index (κ1) is 5.65. The normalized spacial score (nSPS) is 13.8. The molecule has 0 aliphatic carbocycles. The number of aliphatic hydroxyl groups excluding tert-OH is 1. The van der Waals surface area contributed by atoms with E-state index >= 15 is 0 Å². The molecular formula is C4H6N2OS. The minimum absolute atomic E-state index is 0.509. The van der Waals surface area contributed by atoms with Crippen LogP contribution in [0.5, 0.6) is 0 Å². The standard InChI is InChI=1S/C4H6N2OS/c1-3(7)4-5-2-8-6-4/h2-3,7H,1H3. The van der Waals surface area contributed by atoms with Gasteiger partial charge in [-0.3, -0.25) is 0 Å². The summed E-state index contributed by atoms with van der Waals surface area (Å²) < 4.78 is 3.80. The number of aromatic nitrogens is 2. The van der Waals surface area contributed by atoms with Gasteiger partial charge in [-0.05, 0) is 18.5 Å². The van der Waals surface area contributed by atoms with Crippen LogP contribution in [0.3, 0.4) is 0 Å². The van der Waals surface area contributed by atoms with Crippen molar-refractivity contribution in [2.24, 2.45) is 0 Å². The summed E-state index contributed by atoms with van der Waals surface area (Å²) in [7, 11) is 0. The second kappa shape index (κ2) is 2.19. The average Bonchev–Trinajstić information content (AvgIpc) is 2.12. The summed E-state index contributed by atoms with van der Waals surface area (Å²) in [4.78, 5) is 3.77. The first-order chi connectivity index (χ1) is 3.80. The number of hydrogen-bond acceptors (Lipinski definition) is 4. The molecule has 0 aromatic carbocycles. The molecule has 8 heavy (non-hydrogen) atoms. The third kappa shape index (κ3) is 1.02. The largest absolute Gasteiger partial charge is 0.385 e. The van der Waals surface area contributed by atoms with Crippen molar-refractivity contribution >= 4 is 11.5 Å². The predicted molar refractivity (Wildman–Crippen MR) is 30.5 cm³/mol. The Morgan fingerprint density at radius 2 is 2.62 bits per heavy atom. The Bertz CT molecular complexity index is 149. The Hall–Kier alpha value is -0.480. The summed E-state index contributed by atoms with van der Waals surface area (Å²) in [6, 6.07) is 0. The van der Waals surface area contributed by atoms with Gasteiger partial charge in [0.1, 0.15) is 11.6 Å². The van der Waals surface area contributed by atoms with Crippen LogP contribution >= 0.6 is 11.5 Å². The van der Waals surface area contributed by atoms with Crippen molar-refractivity contribution in [2.45, 2.75) is 13.0 Å². The fraction of sp³-hybridized carbons (Fsp3) is 0.500. The van der Waals surface area contributed by atoms with Gasteiger partial charge >= 0.3 is 0 Å². The molecule has 3 nitrogen and oxygen atoms in total. The molecule has 1 heterocycles. The maximum absolute atomic E-state index is 8.79. The SMILES string of the molecule is CC(O)c1ncsn1. The molecule has 1 unspecified atom stereocenters. The molecule has 0 aliphatic rings. The Kier molecular flexibility index (Phi) is 1.55. The molecule has 0 fully saturated rings. The van der Waals surface area contributed by atoms with E-state index in [-0.39, 0.29) is 0 Å². The van der Waals surface area contributed by atoms with Crippen molar-refractivity contribution < 1.29 is 5.11 Å². The summed E-state index contributed by atoms with van der Waals surface area (Å²) in [5.41, 5.74) is 1.60. The highest BCUT2D eigenvalue weighted by molar-refractivity contribution is 7.03. The van der Waals surface area contributed by atoms with E-state index in [9.17, 15) is 0 Å². The van der Waals surface area contributed by atoms with E-state index in [0.29, 0.717) is 5.82 Å². The Labute approximate surface area is 51.2 Å². The summed E-state index contributed by atoms with van der Waals surface area (Å²) in [6.45, 7) is 1.64. The molecule has 0 saturated carbocycles.